The van der Waals surface area contributed by atoms with E-state index in [1.165, 1.54) is 32.1 Å². The summed E-state index contributed by atoms with van der Waals surface area (Å²) in [5, 5.41) is 11.2. The van der Waals surface area contributed by atoms with Crippen LogP contribution in [0.4, 0.5) is 0 Å². The van der Waals surface area contributed by atoms with E-state index in [-0.39, 0.29) is 34.5 Å². The van der Waals surface area contributed by atoms with Crippen LogP contribution in [0, 0.1) is 40.9 Å². The van der Waals surface area contributed by atoms with E-state index in [1.54, 1.807) is 0 Å². The molecule has 5 heteroatoms. The molecule has 0 aromatic rings. The van der Waals surface area contributed by atoms with Gasteiger partial charge in [0.05, 0.1) is 25.2 Å². The second kappa shape index (κ2) is 8.68. The van der Waals surface area contributed by atoms with Gasteiger partial charge < -0.3 is 19.0 Å². The van der Waals surface area contributed by atoms with Crippen LogP contribution < -0.4 is 0 Å². The summed E-state index contributed by atoms with van der Waals surface area (Å²) in [5.74, 6) is 7.83. The maximum atomic E-state index is 11.0. The SMILES string of the molecule is CC1[C@@H]2[C@@H](C#C[C@H](O[Si](C)(C)C(C)(C)C)C3CCCCC3)[C@H](O)CC[C@]2(C)C12OCCO2. The summed E-state index contributed by atoms with van der Waals surface area (Å²) in [6.45, 7) is 17.5. The number of hydrogen-bond donors (Lipinski definition) is 1. The van der Waals surface area contributed by atoms with Crippen molar-refractivity contribution < 1.29 is 19.0 Å². The third-order valence-corrected chi connectivity index (χ3v) is 14.3. The first-order valence-electron chi connectivity index (χ1n) is 13.1. The van der Waals surface area contributed by atoms with Crippen molar-refractivity contribution in [3.8, 4) is 11.8 Å². The maximum absolute atomic E-state index is 11.0. The molecule has 1 spiro atoms. The molecule has 0 amide bonds. The van der Waals surface area contributed by atoms with Crippen LogP contribution in [0.1, 0.15) is 79.6 Å². The quantitative estimate of drug-likeness (QED) is 0.429. The number of rotatable bonds is 3. The van der Waals surface area contributed by atoms with Crippen LogP contribution in [0.15, 0.2) is 0 Å². The van der Waals surface area contributed by atoms with Crippen molar-refractivity contribution in [3.05, 3.63) is 0 Å². The van der Waals surface area contributed by atoms with Gasteiger partial charge in [0.25, 0.3) is 0 Å². The smallest absolute Gasteiger partial charge is 0.193 e. The Morgan fingerprint density at radius 1 is 1.06 bits per heavy atom. The Hall–Kier alpha value is -0.383. The molecule has 1 saturated heterocycles. The second-order valence-electron chi connectivity index (χ2n) is 12.7. The Kier molecular flexibility index (Phi) is 6.71. The Morgan fingerprint density at radius 3 is 2.28 bits per heavy atom. The van der Waals surface area contributed by atoms with E-state index in [1.807, 2.05) is 0 Å². The van der Waals surface area contributed by atoms with Gasteiger partial charge in [-0.25, -0.2) is 0 Å². The van der Waals surface area contributed by atoms with Gasteiger partial charge in [-0.15, -0.1) is 0 Å². The van der Waals surface area contributed by atoms with Crippen molar-refractivity contribution in [2.24, 2.45) is 29.1 Å². The normalized spacial score (nSPS) is 38.5. The lowest BCUT2D eigenvalue weighted by Gasteiger charge is -2.68. The largest absolute Gasteiger partial charge is 0.403 e. The lowest BCUT2D eigenvalue weighted by Crippen LogP contribution is -2.73. The van der Waals surface area contributed by atoms with Crippen molar-refractivity contribution in [1.29, 1.82) is 0 Å². The fraction of sp³-hybridized carbons (Fsp3) is 0.926. The highest BCUT2D eigenvalue weighted by molar-refractivity contribution is 6.74. The molecule has 6 atom stereocenters. The van der Waals surface area contributed by atoms with Crippen molar-refractivity contribution in [3.63, 3.8) is 0 Å². The molecular weight excluding hydrogens is 416 g/mol. The van der Waals surface area contributed by atoms with E-state index in [2.05, 4.69) is 59.6 Å². The van der Waals surface area contributed by atoms with Gasteiger partial charge in [-0.2, -0.15) is 0 Å². The molecule has 0 aromatic heterocycles. The summed E-state index contributed by atoms with van der Waals surface area (Å²) in [6.07, 6.45) is 7.64. The average molecular weight is 463 g/mol. The van der Waals surface area contributed by atoms with Crippen LogP contribution in [0.3, 0.4) is 0 Å². The number of aliphatic hydroxyl groups is 1. The van der Waals surface area contributed by atoms with E-state index in [0.29, 0.717) is 25.0 Å². The molecule has 3 aliphatic carbocycles. The first kappa shape index (κ1) is 24.7. The van der Waals surface area contributed by atoms with Gasteiger partial charge in [-0.1, -0.05) is 65.7 Å². The summed E-state index contributed by atoms with van der Waals surface area (Å²) in [5.41, 5.74) is -0.0673. The summed E-state index contributed by atoms with van der Waals surface area (Å²) in [6, 6.07) is 0. The molecule has 1 aliphatic heterocycles. The van der Waals surface area contributed by atoms with Crippen LogP contribution >= 0.6 is 0 Å². The number of ether oxygens (including phenoxy) is 2. The Balaban J connectivity index is 1.60. The van der Waals surface area contributed by atoms with Crippen molar-refractivity contribution in [1.82, 2.24) is 0 Å². The van der Waals surface area contributed by atoms with Crippen molar-refractivity contribution >= 4 is 8.32 Å². The summed E-state index contributed by atoms with van der Waals surface area (Å²) in [4.78, 5) is 0. The molecule has 1 unspecified atom stereocenters. The molecule has 0 bridgehead atoms. The van der Waals surface area contributed by atoms with Crippen molar-refractivity contribution in [2.45, 2.75) is 116 Å². The molecule has 0 radical (unpaired) electrons. The molecule has 182 valence electrons. The van der Waals surface area contributed by atoms with E-state index in [0.717, 1.165) is 12.8 Å². The Bertz CT molecular complexity index is 735. The van der Waals surface area contributed by atoms with E-state index in [9.17, 15) is 5.11 Å². The number of aliphatic hydroxyl groups excluding tert-OH is 1. The summed E-state index contributed by atoms with van der Waals surface area (Å²) >= 11 is 0. The van der Waals surface area contributed by atoms with Gasteiger partial charge in [0.2, 0.25) is 0 Å². The highest BCUT2D eigenvalue weighted by Gasteiger charge is 2.74. The van der Waals surface area contributed by atoms with Crippen molar-refractivity contribution in [2.75, 3.05) is 13.2 Å². The molecule has 3 saturated carbocycles. The van der Waals surface area contributed by atoms with E-state index in [4.69, 9.17) is 13.9 Å². The molecule has 4 nitrogen and oxygen atoms in total. The molecular formula is C27H46O4Si. The number of fused-ring (bicyclic) bond motifs is 2. The van der Waals surface area contributed by atoms with Crippen LogP contribution in [-0.4, -0.2) is 44.6 Å². The molecule has 4 rings (SSSR count). The lowest BCUT2D eigenvalue weighted by atomic mass is 9.42. The van der Waals surface area contributed by atoms with Gasteiger partial charge in [0.15, 0.2) is 14.1 Å². The highest BCUT2D eigenvalue weighted by atomic mass is 28.4. The fourth-order valence-electron chi connectivity index (χ4n) is 6.92. The van der Waals surface area contributed by atoms with E-state index < -0.39 is 14.1 Å². The van der Waals surface area contributed by atoms with Crippen LogP contribution in [-0.2, 0) is 13.9 Å². The molecule has 1 heterocycles. The second-order valence-corrected chi connectivity index (χ2v) is 17.5. The Morgan fingerprint density at radius 2 is 1.69 bits per heavy atom. The first-order chi connectivity index (χ1) is 14.9. The summed E-state index contributed by atoms with van der Waals surface area (Å²) in [7, 11) is -1.93. The summed E-state index contributed by atoms with van der Waals surface area (Å²) < 4.78 is 19.3. The molecule has 1 N–H and O–H groups in total. The zero-order chi connectivity index (χ0) is 23.4. The molecule has 4 fully saturated rings. The average Bonchev–Trinajstić information content (AvgIpc) is 3.26. The standard InChI is InChI=1S/C27H46O4Si/c1-19-24-21(22(28)15-16-26(24,5)27(19)29-17-18-30-27)13-14-23(20-11-9-8-10-12-20)31-32(6,7)25(2,3)4/h19-24,28H,8-12,15-18H2,1-7H3/t19?,21-,22+,23-,24+,26-/m0/s1. The molecule has 4 aliphatic rings. The highest BCUT2D eigenvalue weighted by Crippen LogP contribution is 2.69. The minimum Gasteiger partial charge on any atom is -0.403 e. The predicted molar refractivity (Wildman–Crippen MR) is 131 cm³/mol. The molecule has 0 aromatic carbocycles. The monoisotopic (exact) mass is 462 g/mol. The van der Waals surface area contributed by atoms with Crippen LogP contribution in [0.5, 0.6) is 0 Å². The predicted octanol–water partition coefficient (Wildman–Crippen LogP) is 5.75. The van der Waals surface area contributed by atoms with Crippen LogP contribution in [0.2, 0.25) is 18.1 Å². The van der Waals surface area contributed by atoms with Crippen LogP contribution in [0.25, 0.3) is 0 Å². The zero-order valence-electron chi connectivity index (χ0n) is 21.5. The topological polar surface area (TPSA) is 47.9 Å². The maximum Gasteiger partial charge on any atom is 0.193 e. The van der Waals surface area contributed by atoms with Gasteiger partial charge in [-0.05, 0) is 55.7 Å². The fourth-order valence-corrected chi connectivity index (χ4v) is 8.16. The number of hydrogen-bond acceptors (Lipinski definition) is 4. The Labute approximate surface area is 197 Å². The van der Waals surface area contributed by atoms with Gasteiger partial charge >= 0.3 is 0 Å². The van der Waals surface area contributed by atoms with Gasteiger partial charge in [0, 0.05) is 11.3 Å². The lowest BCUT2D eigenvalue weighted by molar-refractivity contribution is -0.380. The van der Waals surface area contributed by atoms with E-state index >= 15 is 0 Å². The third kappa shape index (κ3) is 3.92. The minimum atomic E-state index is -1.93. The zero-order valence-corrected chi connectivity index (χ0v) is 22.5. The minimum absolute atomic E-state index is 0.0140. The van der Waals surface area contributed by atoms with Gasteiger partial charge in [0.1, 0.15) is 6.10 Å². The molecule has 32 heavy (non-hydrogen) atoms. The first-order valence-corrected chi connectivity index (χ1v) is 16.0. The van der Waals surface area contributed by atoms with Gasteiger partial charge in [-0.3, -0.25) is 0 Å². The third-order valence-electron chi connectivity index (χ3n) is 9.85.